The highest BCUT2D eigenvalue weighted by molar-refractivity contribution is 7.22. The van der Waals surface area contributed by atoms with E-state index in [1.54, 1.807) is 36.7 Å². The number of nitrogens with zero attached hydrogens (tertiary/aromatic N) is 2. The van der Waals surface area contributed by atoms with Crippen LogP contribution >= 0.6 is 11.3 Å². The third kappa shape index (κ3) is 4.22. The van der Waals surface area contributed by atoms with E-state index in [0.717, 1.165) is 34.6 Å². The van der Waals surface area contributed by atoms with Gasteiger partial charge in [-0.05, 0) is 48.6 Å². The maximum absolute atomic E-state index is 11.8. The quantitative estimate of drug-likeness (QED) is 0.475. The van der Waals surface area contributed by atoms with Crippen LogP contribution < -0.4 is 15.4 Å². The molecule has 0 radical (unpaired) electrons. The minimum absolute atomic E-state index is 0.246. The van der Waals surface area contributed by atoms with Crippen molar-refractivity contribution in [2.75, 3.05) is 12.4 Å². The first-order chi connectivity index (χ1) is 15.2. The number of benzene rings is 2. The summed E-state index contributed by atoms with van der Waals surface area (Å²) in [6, 6.07) is 18.3. The molecule has 0 saturated carbocycles. The Kier molecular flexibility index (Phi) is 5.26. The van der Waals surface area contributed by atoms with Gasteiger partial charge in [0.25, 0.3) is 5.91 Å². The fourth-order valence-corrected chi connectivity index (χ4v) is 4.86. The molecule has 0 fully saturated rings. The summed E-state index contributed by atoms with van der Waals surface area (Å²) < 4.78 is 7.01. The Morgan fingerprint density at radius 3 is 2.81 bits per heavy atom. The molecule has 2 aromatic carbocycles. The highest BCUT2D eigenvalue weighted by atomic mass is 32.1. The molecule has 0 bridgehead atoms. The normalized spacial score (nSPS) is 15.3. The first-order valence-electron chi connectivity index (χ1n) is 10.3. The highest BCUT2D eigenvalue weighted by Crippen LogP contribution is 2.33. The van der Waals surface area contributed by atoms with E-state index in [1.165, 1.54) is 11.1 Å². The molecule has 1 aliphatic carbocycles. The Bertz CT molecular complexity index is 1250. The second kappa shape index (κ2) is 8.35. The van der Waals surface area contributed by atoms with Crippen molar-refractivity contribution in [3.8, 4) is 11.5 Å². The lowest BCUT2D eigenvalue weighted by atomic mass is 9.88. The van der Waals surface area contributed by atoms with Gasteiger partial charge >= 0.3 is 0 Å². The summed E-state index contributed by atoms with van der Waals surface area (Å²) in [5, 5.41) is 7.12. The van der Waals surface area contributed by atoms with Crippen LogP contribution in [-0.2, 0) is 12.8 Å². The standard InChI is InChI=1S/C24H22N4O2S/c1-25-23(29)21-13-19(10-11-26-21)30-18-8-9-20-22(14-18)31-24(28-20)27-17-7-6-15-4-2-3-5-16(15)12-17/h2-5,8-11,13-14,17H,6-7,12H2,1H3,(H,25,29)(H,27,28). The number of amides is 1. The van der Waals surface area contributed by atoms with Crippen LogP contribution in [0.1, 0.15) is 28.0 Å². The predicted octanol–water partition coefficient (Wildman–Crippen LogP) is 4.81. The van der Waals surface area contributed by atoms with E-state index in [1.807, 2.05) is 18.2 Å². The molecule has 7 heteroatoms. The number of hydrogen-bond donors (Lipinski definition) is 2. The molecule has 0 saturated heterocycles. The Morgan fingerprint density at radius 2 is 1.94 bits per heavy atom. The molecular formula is C24H22N4O2S. The first kappa shape index (κ1) is 19.5. The number of aromatic nitrogens is 2. The average molecular weight is 431 g/mol. The van der Waals surface area contributed by atoms with E-state index in [0.29, 0.717) is 23.2 Å². The van der Waals surface area contributed by atoms with Gasteiger partial charge in [0.05, 0.1) is 10.2 Å². The van der Waals surface area contributed by atoms with E-state index < -0.39 is 0 Å². The number of thiazole rings is 1. The molecule has 1 unspecified atom stereocenters. The maximum atomic E-state index is 11.8. The topological polar surface area (TPSA) is 76.1 Å². The molecule has 1 amide bonds. The van der Waals surface area contributed by atoms with Crippen LogP contribution in [0.4, 0.5) is 5.13 Å². The lowest BCUT2D eigenvalue weighted by Crippen LogP contribution is -2.27. The van der Waals surface area contributed by atoms with Gasteiger partial charge in [0, 0.05) is 31.4 Å². The summed E-state index contributed by atoms with van der Waals surface area (Å²) in [5.74, 6) is 1.02. The van der Waals surface area contributed by atoms with Crippen LogP contribution in [0, 0.1) is 0 Å². The number of carbonyl (C=O) groups is 1. The van der Waals surface area contributed by atoms with Gasteiger partial charge in [0.2, 0.25) is 0 Å². The number of nitrogens with one attached hydrogen (secondary N) is 2. The SMILES string of the molecule is CNC(=O)c1cc(Oc2ccc3nc(NC4CCc5ccccc5C4)sc3c2)ccn1. The Morgan fingerprint density at radius 1 is 1.10 bits per heavy atom. The van der Waals surface area contributed by atoms with Crippen molar-refractivity contribution < 1.29 is 9.53 Å². The second-order valence-electron chi connectivity index (χ2n) is 7.56. The zero-order chi connectivity index (χ0) is 21.2. The number of carbonyl (C=O) groups excluding carboxylic acids is 1. The molecule has 2 aromatic heterocycles. The summed E-state index contributed by atoms with van der Waals surface area (Å²) in [6.45, 7) is 0. The summed E-state index contributed by atoms with van der Waals surface area (Å²) in [5.41, 5.74) is 4.15. The van der Waals surface area contributed by atoms with Gasteiger partial charge in [-0.3, -0.25) is 9.78 Å². The summed E-state index contributed by atoms with van der Waals surface area (Å²) in [6.07, 6.45) is 4.80. The van der Waals surface area contributed by atoms with Gasteiger partial charge in [0.1, 0.15) is 17.2 Å². The molecule has 1 atom stereocenters. The van der Waals surface area contributed by atoms with Gasteiger partial charge in [-0.25, -0.2) is 4.98 Å². The van der Waals surface area contributed by atoms with Crippen molar-refractivity contribution in [2.24, 2.45) is 0 Å². The molecule has 156 valence electrons. The predicted molar refractivity (Wildman–Crippen MR) is 123 cm³/mol. The van der Waals surface area contributed by atoms with Crippen LogP contribution in [0.15, 0.2) is 60.8 Å². The minimum atomic E-state index is -0.246. The van der Waals surface area contributed by atoms with Crippen LogP contribution in [0.5, 0.6) is 11.5 Å². The fourth-order valence-electron chi connectivity index (χ4n) is 3.89. The smallest absolute Gasteiger partial charge is 0.269 e. The van der Waals surface area contributed by atoms with Gasteiger partial charge in [-0.1, -0.05) is 35.6 Å². The molecule has 4 aromatic rings. The summed E-state index contributed by atoms with van der Waals surface area (Å²) in [4.78, 5) is 20.6. The van der Waals surface area contributed by atoms with E-state index in [-0.39, 0.29) is 5.91 Å². The first-order valence-corrected chi connectivity index (χ1v) is 11.1. The summed E-state index contributed by atoms with van der Waals surface area (Å²) in [7, 11) is 1.58. The van der Waals surface area contributed by atoms with Crippen LogP contribution in [0.25, 0.3) is 10.2 Å². The zero-order valence-corrected chi connectivity index (χ0v) is 17.9. The Hall–Kier alpha value is -3.45. The fraction of sp³-hybridized carbons (Fsp3) is 0.208. The van der Waals surface area contributed by atoms with Crippen molar-refractivity contribution in [3.63, 3.8) is 0 Å². The number of pyridine rings is 1. The van der Waals surface area contributed by atoms with E-state index >= 15 is 0 Å². The average Bonchev–Trinajstić information content (AvgIpc) is 3.20. The van der Waals surface area contributed by atoms with Crippen molar-refractivity contribution in [1.29, 1.82) is 0 Å². The van der Waals surface area contributed by atoms with Crippen molar-refractivity contribution in [1.82, 2.24) is 15.3 Å². The van der Waals surface area contributed by atoms with Crippen molar-refractivity contribution in [2.45, 2.75) is 25.3 Å². The third-order valence-electron chi connectivity index (χ3n) is 5.46. The number of ether oxygens (including phenoxy) is 1. The van der Waals surface area contributed by atoms with Gasteiger partial charge in [-0.15, -0.1) is 0 Å². The van der Waals surface area contributed by atoms with E-state index in [4.69, 9.17) is 9.72 Å². The van der Waals surface area contributed by atoms with Gasteiger partial charge < -0.3 is 15.4 Å². The molecular weight excluding hydrogens is 408 g/mol. The molecule has 1 aliphatic rings. The zero-order valence-electron chi connectivity index (χ0n) is 17.1. The monoisotopic (exact) mass is 430 g/mol. The van der Waals surface area contributed by atoms with Gasteiger partial charge in [0.15, 0.2) is 5.13 Å². The lowest BCUT2D eigenvalue weighted by molar-refractivity contribution is 0.0958. The van der Waals surface area contributed by atoms with E-state index in [9.17, 15) is 4.79 Å². The van der Waals surface area contributed by atoms with Crippen molar-refractivity contribution in [3.05, 3.63) is 77.6 Å². The molecule has 31 heavy (non-hydrogen) atoms. The molecule has 0 spiro atoms. The largest absolute Gasteiger partial charge is 0.457 e. The highest BCUT2D eigenvalue weighted by Gasteiger charge is 2.19. The lowest BCUT2D eigenvalue weighted by Gasteiger charge is -2.25. The van der Waals surface area contributed by atoms with Crippen LogP contribution in [-0.4, -0.2) is 29.0 Å². The maximum Gasteiger partial charge on any atom is 0.269 e. The minimum Gasteiger partial charge on any atom is -0.457 e. The Labute approximate surface area is 184 Å². The van der Waals surface area contributed by atoms with E-state index in [2.05, 4.69) is 39.9 Å². The number of fused-ring (bicyclic) bond motifs is 2. The van der Waals surface area contributed by atoms with Gasteiger partial charge in [-0.2, -0.15) is 0 Å². The number of aryl methyl sites for hydroxylation is 1. The molecule has 6 nitrogen and oxygen atoms in total. The third-order valence-corrected chi connectivity index (χ3v) is 6.41. The molecule has 5 rings (SSSR count). The number of hydrogen-bond acceptors (Lipinski definition) is 6. The van der Waals surface area contributed by atoms with Crippen LogP contribution in [0.3, 0.4) is 0 Å². The van der Waals surface area contributed by atoms with Crippen LogP contribution in [0.2, 0.25) is 0 Å². The molecule has 2 N–H and O–H groups in total. The number of rotatable bonds is 5. The second-order valence-corrected chi connectivity index (χ2v) is 8.59. The number of anilines is 1. The molecule has 0 aliphatic heterocycles. The van der Waals surface area contributed by atoms with Crippen molar-refractivity contribution >= 4 is 32.6 Å². The molecule has 2 heterocycles. The summed E-state index contributed by atoms with van der Waals surface area (Å²) >= 11 is 1.63. The Balaban J connectivity index is 1.31.